The van der Waals surface area contributed by atoms with Crippen LogP contribution in [0.15, 0.2) is 53.0 Å². The van der Waals surface area contributed by atoms with E-state index in [1.54, 1.807) is 0 Å². The normalized spacial score (nSPS) is 11.5. The molecule has 0 fully saturated rings. The van der Waals surface area contributed by atoms with Gasteiger partial charge in [-0.1, -0.05) is 0 Å². The molecule has 1 aromatic carbocycles. The summed E-state index contributed by atoms with van der Waals surface area (Å²) in [6, 6.07) is 10.2. The van der Waals surface area contributed by atoms with E-state index in [4.69, 9.17) is 10.2 Å². The van der Waals surface area contributed by atoms with E-state index in [1.165, 1.54) is 8.93 Å². The van der Waals surface area contributed by atoms with Crippen LogP contribution >= 0.6 is 0 Å². The van der Waals surface area contributed by atoms with Gasteiger partial charge in [-0.3, -0.25) is 0 Å². The predicted molar refractivity (Wildman–Crippen MR) is 72.5 cm³/mol. The zero-order valence-corrected chi connectivity index (χ0v) is 11.5. The van der Waals surface area contributed by atoms with E-state index in [-0.39, 0.29) is 28.2 Å². The molecule has 2 nitrogen and oxygen atoms in total. The zero-order chi connectivity index (χ0) is 12.5. The van der Waals surface area contributed by atoms with Crippen molar-refractivity contribution in [3.63, 3.8) is 0 Å². The maximum atomic E-state index is 9.05. The Morgan fingerprint density at radius 2 is 1.76 bits per heavy atom. The molecule has 0 aliphatic rings. The first-order valence-electron chi connectivity index (χ1n) is 5.59. The maximum absolute atomic E-state index is 9.05. The van der Waals surface area contributed by atoms with Gasteiger partial charge in [0.25, 0.3) is 0 Å². The van der Waals surface area contributed by atoms with Crippen LogP contribution in [-0.4, -0.2) is 38.4 Å². The van der Waals surface area contributed by atoms with Crippen molar-refractivity contribution in [3.8, 4) is 0 Å². The fourth-order valence-electron chi connectivity index (χ4n) is 1.35. The first kappa shape index (κ1) is 14.2. The summed E-state index contributed by atoms with van der Waals surface area (Å²) < 4.78 is 2.50. The van der Waals surface area contributed by atoms with Crippen LogP contribution in [0.5, 0.6) is 0 Å². The van der Waals surface area contributed by atoms with Crippen molar-refractivity contribution < 1.29 is 10.2 Å². The van der Waals surface area contributed by atoms with E-state index in [1.807, 2.05) is 24.3 Å². The molecular formula is C14H18O2Se. The number of allylic oxidation sites excluding steroid dienone is 1. The van der Waals surface area contributed by atoms with Crippen LogP contribution in [0, 0.1) is 0 Å². The number of aliphatic hydroxyl groups is 2. The monoisotopic (exact) mass is 298 g/mol. The van der Waals surface area contributed by atoms with Crippen LogP contribution in [0.25, 0.3) is 0 Å². The van der Waals surface area contributed by atoms with Gasteiger partial charge < -0.3 is 0 Å². The molecule has 1 rings (SSSR count). The number of hydrogen-bond donors (Lipinski definition) is 2. The molecule has 0 saturated carbocycles. The Labute approximate surface area is 109 Å². The van der Waals surface area contributed by atoms with Gasteiger partial charge >= 0.3 is 109 Å². The molecule has 1 aromatic rings. The van der Waals surface area contributed by atoms with E-state index >= 15 is 0 Å². The zero-order valence-electron chi connectivity index (χ0n) is 9.80. The third kappa shape index (κ3) is 5.85. The van der Waals surface area contributed by atoms with Crippen molar-refractivity contribution in [2.45, 2.75) is 12.8 Å². The van der Waals surface area contributed by atoms with Crippen molar-refractivity contribution in [1.82, 2.24) is 0 Å². The van der Waals surface area contributed by atoms with Gasteiger partial charge in [0.1, 0.15) is 0 Å². The van der Waals surface area contributed by atoms with E-state index in [2.05, 4.69) is 18.7 Å². The summed E-state index contributed by atoms with van der Waals surface area (Å²) in [6.07, 6.45) is 3.29. The average molecular weight is 297 g/mol. The molecular weight excluding hydrogens is 279 g/mol. The fourth-order valence-corrected chi connectivity index (χ4v) is 3.48. The van der Waals surface area contributed by atoms with Gasteiger partial charge in [-0.2, -0.15) is 0 Å². The van der Waals surface area contributed by atoms with Gasteiger partial charge in [0, 0.05) is 0 Å². The molecule has 0 saturated heterocycles. The van der Waals surface area contributed by atoms with Crippen LogP contribution in [0.3, 0.4) is 0 Å². The summed E-state index contributed by atoms with van der Waals surface area (Å²) >= 11 is 0.225. The van der Waals surface area contributed by atoms with Crippen LogP contribution < -0.4 is 4.46 Å². The minimum atomic E-state index is 0.125. The van der Waals surface area contributed by atoms with Gasteiger partial charge in [0.05, 0.1) is 0 Å². The minimum absolute atomic E-state index is 0.125. The Morgan fingerprint density at radius 1 is 1.12 bits per heavy atom. The number of hydrogen-bond acceptors (Lipinski definition) is 2. The molecule has 0 amide bonds. The molecule has 0 heterocycles. The molecule has 17 heavy (non-hydrogen) atoms. The second-order valence-electron chi connectivity index (χ2n) is 3.63. The first-order chi connectivity index (χ1) is 8.26. The van der Waals surface area contributed by atoms with E-state index in [0.29, 0.717) is 12.8 Å². The molecule has 2 N–H and O–H groups in total. The third-order valence-corrected chi connectivity index (χ3v) is 4.44. The van der Waals surface area contributed by atoms with Gasteiger partial charge in [-0.05, 0) is 0 Å². The molecule has 0 aliphatic carbocycles. The van der Waals surface area contributed by atoms with Crippen molar-refractivity contribution in [3.05, 3.63) is 53.0 Å². The van der Waals surface area contributed by atoms with Crippen molar-refractivity contribution in [2.75, 3.05) is 13.2 Å². The van der Waals surface area contributed by atoms with Crippen molar-refractivity contribution >= 4 is 19.4 Å². The second-order valence-corrected chi connectivity index (χ2v) is 6.15. The Bertz CT molecular complexity index is 371. The third-order valence-electron chi connectivity index (χ3n) is 2.15. The number of benzene rings is 1. The summed E-state index contributed by atoms with van der Waals surface area (Å²) in [5, 5.41) is 17.9. The topological polar surface area (TPSA) is 40.5 Å². The molecule has 0 spiro atoms. The molecule has 0 unspecified atom stereocenters. The number of aliphatic hydroxyl groups excluding tert-OH is 2. The van der Waals surface area contributed by atoms with Crippen molar-refractivity contribution in [1.29, 1.82) is 0 Å². The first-order valence-corrected chi connectivity index (χ1v) is 7.30. The van der Waals surface area contributed by atoms with Crippen LogP contribution in [0.1, 0.15) is 12.8 Å². The van der Waals surface area contributed by atoms with Crippen LogP contribution in [-0.2, 0) is 0 Å². The SMILES string of the molecule is C=C(/C=C(\CCO)[Se]c1ccccc1)CCO. The average Bonchev–Trinajstić information content (AvgIpc) is 2.31. The molecule has 92 valence electrons. The Kier molecular flexibility index (Phi) is 6.90. The number of rotatable bonds is 7. The van der Waals surface area contributed by atoms with Crippen LogP contribution in [0.4, 0.5) is 0 Å². The van der Waals surface area contributed by atoms with Gasteiger partial charge in [-0.15, -0.1) is 0 Å². The van der Waals surface area contributed by atoms with Gasteiger partial charge in [0.2, 0.25) is 0 Å². The van der Waals surface area contributed by atoms with Crippen LogP contribution in [0.2, 0.25) is 0 Å². The van der Waals surface area contributed by atoms with Gasteiger partial charge in [0.15, 0.2) is 0 Å². The van der Waals surface area contributed by atoms with E-state index < -0.39 is 0 Å². The molecule has 0 atom stereocenters. The fraction of sp³-hybridized carbons (Fsp3) is 0.286. The summed E-state index contributed by atoms with van der Waals surface area (Å²) in [5.41, 5.74) is 0.925. The van der Waals surface area contributed by atoms with E-state index in [9.17, 15) is 0 Å². The molecule has 0 aliphatic heterocycles. The molecule has 0 bridgehead atoms. The Morgan fingerprint density at radius 3 is 2.35 bits per heavy atom. The molecule has 0 aromatic heterocycles. The van der Waals surface area contributed by atoms with Crippen molar-refractivity contribution in [2.24, 2.45) is 0 Å². The summed E-state index contributed by atoms with van der Waals surface area (Å²) in [7, 11) is 0. The van der Waals surface area contributed by atoms with E-state index in [0.717, 1.165) is 5.57 Å². The molecule has 0 radical (unpaired) electrons. The Hall–Kier alpha value is -0.861. The molecule has 3 heteroatoms. The van der Waals surface area contributed by atoms with Gasteiger partial charge in [-0.25, -0.2) is 0 Å². The standard InChI is InChI=1S/C14H18O2Se/c1-12(7-9-15)11-14(8-10-16)17-13-5-3-2-4-6-13/h2-6,11,15-16H,1,7-10H2/b14-11+. The Balaban J connectivity index is 2.69. The quantitative estimate of drug-likeness (QED) is 0.587. The predicted octanol–water partition coefficient (Wildman–Crippen LogP) is 1.22. The summed E-state index contributed by atoms with van der Waals surface area (Å²) in [5.74, 6) is 0. The summed E-state index contributed by atoms with van der Waals surface area (Å²) in [6.45, 7) is 4.18. The summed E-state index contributed by atoms with van der Waals surface area (Å²) in [4.78, 5) is 0. The second kappa shape index (κ2) is 8.26.